The first-order valence-electron chi connectivity index (χ1n) is 8.81. The minimum atomic E-state index is -0.232. The average Bonchev–Trinajstić information content (AvgIpc) is 3.04. The molecule has 0 aliphatic heterocycles. The van der Waals surface area contributed by atoms with Crippen LogP contribution in [0.15, 0.2) is 47.6 Å². The van der Waals surface area contributed by atoms with E-state index < -0.39 is 0 Å². The fourth-order valence-corrected chi connectivity index (χ4v) is 4.44. The van der Waals surface area contributed by atoms with Crippen molar-refractivity contribution in [3.05, 3.63) is 70.3 Å². The van der Waals surface area contributed by atoms with E-state index in [9.17, 15) is 9.18 Å². The van der Waals surface area contributed by atoms with E-state index in [4.69, 9.17) is 11.6 Å². The predicted octanol–water partition coefficient (Wildman–Crippen LogP) is 5.08. The molecule has 1 amide bonds. The quantitative estimate of drug-likeness (QED) is 0.485. The molecule has 5 nitrogen and oxygen atoms in total. The highest BCUT2D eigenvalue weighted by Crippen LogP contribution is 2.22. The Morgan fingerprint density at radius 2 is 1.93 bits per heavy atom. The van der Waals surface area contributed by atoms with Crippen LogP contribution >= 0.6 is 35.1 Å². The van der Waals surface area contributed by atoms with Gasteiger partial charge in [0.25, 0.3) is 0 Å². The molecule has 2 aromatic carbocycles. The van der Waals surface area contributed by atoms with E-state index in [1.54, 1.807) is 36.0 Å². The topological polar surface area (TPSA) is 59.8 Å². The van der Waals surface area contributed by atoms with Gasteiger partial charge in [-0.25, -0.2) is 4.39 Å². The summed E-state index contributed by atoms with van der Waals surface area (Å²) >= 11 is 8.95. The average molecular weight is 451 g/mol. The van der Waals surface area contributed by atoms with Gasteiger partial charge in [0.2, 0.25) is 5.91 Å². The van der Waals surface area contributed by atoms with Crippen LogP contribution in [0.5, 0.6) is 0 Å². The number of hydrogen-bond donors (Lipinski definition) is 1. The normalized spacial score (nSPS) is 10.9. The van der Waals surface area contributed by atoms with Crippen molar-refractivity contribution in [1.82, 2.24) is 14.8 Å². The summed E-state index contributed by atoms with van der Waals surface area (Å²) in [7, 11) is 1.89. The summed E-state index contributed by atoms with van der Waals surface area (Å²) < 4.78 is 14.8. The van der Waals surface area contributed by atoms with Gasteiger partial charge in [-0.2, -0.15) is 0 Å². The monoisotopic (exact) mass is 450 g/mol. The zero-order valence-corrected chi connectivity index (χ0v) is 18.4. The van der Waals surface area contributed by atoms with Gasteiger partial charge >= 0.3 is 0 Å². The number of aromatic nitrogens is 3. The molecule has 0 atom stereocenters. The number of amides is 1. The van der Waals surface area contributed by atoms with Gasteiger partial charge < -0.3 is 9.88 Å². The van der Waals surface area contributed by atoms with Gasteiger partial charge in [-0.05, 0) is 48.4 Å². The van der Waals surface area contributed by atoms with Crippen molar-refractivity contribution in [1.29, 1.82) is 0 Å². The Morgan fingerprint density at radius 3 is 2.66 bits per heavy atom. The number of benzene rings is 2. The van der Waals surface area contributed by atoms with Crippen molar-refractivity contribution < 1.29 is 9.18 Å². The molecular weight excluding hydrogens is 431 g/mol. The Kier molecular flexibility index (Phi) is 7.57. The Labute approximate surface area is 182 Å². The first-order chi connectivity index (χ1) is 13.9. The van der Waals surface area contributed by atoms with Crippen molar-refractivity contribution in [3.8, 4) is 0 Å². The van der Waals surface area contributed by atoms with Crippen molar-refractivity contribution in [2.24, 2.45) is 7.05 Å². The summed E-state index contributed by atoms with van der Waals surface area (Å²) in [5.74, 6) is 2.15. The van der Waals surface area contributed by atoms with Crippen LogP contribution in [0.25, 0.3) is 0 Å². The molecule has 9 heteroatoms. The minimum Gasteiger partial charge on any atom is -0.325 e. The van der Waals surface area contributed by atoms with E-state index in [-0.39, 0.29) is 17.5 Å². The zero-order chi connectivity index (χ0) is 20.8. The molecule has 0 unspecified atom stereocenters. The molecule has 1 N–H and O–H groups in total. The van der Waals surface area contributed by atoms with Crippen LogP contribution in [-0.4, -0.2) is 26.4 Å². The molecule has 0 radical (unpaired) electrons. The van der Waals surface area contributed by atoms with E-state index in [0.717, 1.165) is 28.4 Å². The van der Waals surface area contributed by atoms with Crippen LogP contribution in [0.2, 0.25) is 5.02 Å². The number of carbonyl (C=O) groups is 1. The van der Waals surface area contributed by atoms with Gasteiger partial charge in [-0.1, -0.05) is 35.5 Å². The lowest BCUT2D eigenvalue weighted by atomic mass is 10.2. The fourth-order valence-electron chi connectivity index (χ4n) is 2.52. The molecule has 0 spiro atoms. The van der Waals surface area contributed by atoms with Gasteiger partial charge in [0, 0.05) is 23.5 Å². The third kappa shape index (κ3) is 6.22. The molecule has 0 bridgehead atoms. The molecule has 152 valence electrons. The summed E-state index contributed by atoms with van der Waals surface area (Å²) in [6, 6.07) is 11.8. The summed E-state index contributed by atoms with van der Waals surface area (Å²) in [6.07, 6.45) is 0. The molecule has 1 heterocycles. The lowest BCUT2D eigenvalue weighted by Crippen LogP contribution is -2.15. The van der Waals surface area contributed by atoms with Crippen LogP contribution in [0.3, 0.4) is 0 Å². The second kappa shape index (κ2) is 10.1. The lowest BCUT2D eigenvalue weighted by molar-refractivity contribution is -0.113. The highest BCUT2D eigenvalue weighted by molar-refractivity contribution is 7.99. The van der Waals surface area contributed by atoms with Gasteiger partial charge in [-0.3, -0.25) is 4.79 Å². The van der Waals surface area contributed by atoms with Gasteiger partial charge in [0.05, 0.1) is 11.5 Å². The SMILES string of the molecule is Cc1cc(Cl)ccc1NC(=O)CSc1nnc(CSCc2ccc(F)cc2)n1C. The van der Waals surface area contributed by atoms with Crippen LogP contribution in [0.4, 0.5) is 10.1 Å². The lowest BCUT2D eigenvalue weighted by Gasteiger charge is -2.08. The van der Waals surface area contributed by atoms with Crippen LogP contribution in [0, 0.1) is 12.7 Å². The van der Waals surface area contributed by atoms with E-state index >= 15 is 0 Å². The first kappa shape index (κ1) is 21.7. The molecular formula is C20H20ClFN4OS2. The molecule has 0 aliphatic rings. The number of hydrogen-bond acceptors (Lipinski definition) is 5. The number of nitrogens with one attached hydrogen (secondary N) is 1. The van der Waals surface area contributed by atoms with Crippen LogP contribution < -0.4 is 5.32 Å². The van der Waals surface area contributed by atoms with E-state index in [1.165, 1.54) is 23.9 Å². The fraction of sp³-hybridized carbons (Fsp3) is 0.250. The summed E-state index contributed by atoms with van der Waals surface area (Å²) in [5.41, 5.74) is 2.72. The Morgan fingerprint density at radius 1 is 1.17 bits per heavy atom. The molecule has 0 fully saturated rings. The second-order valence-electron chi connectivity index (χ2n) is 6.37. The van der Waals surface area contributed by atoms with Crippen molar-refractivity contribution >= 4 is 46.7 Å². The van der Waals surface area contributed by atoms with Crippen LogP contribution in [0.1, 0.15) is 17.0 Å². The summed E-state index contributed by atoms with van der Waals surface area (Å²) in [4.78, 5) is 12.2. The van der Waals surface area contributed by atoms with Crippen molar-refractivity contribution in [2.45, 2.75) is 23.6 Å². The Hall–Kier alpha value is -2.03. The Balaban J connectivity index is 1.48. The van der Waals surface area contributed by atoms with E-state index in [0.29, 0.717) is 15.9 Å². The van der Waals surface area contributed by atoms with Crippen molar-refractivity contribution in [2.75, 3.05) is 11.1 Å². The highest BCUT2D eigenvalue weighted by atomic mass is 35.5. The number of carbonyl (C=O) groups excluding carboxylic acids is 1. The summed E-state index contributed by atoms with van der Waals surface area (Å²) in [5, 5.41) is 12.6. The highest BCUT2D eigenvalue weighted by Gasteiger charge is 2.12. The maximum absolute atomic E-state index is 13.0. The number of aryl methyl sites for hydroxylation is 1. The number of anilines is 1. The largest absolute Gasteiger partial charge is 0.325 e. The molecule has 3 rings (SSSR count). The molecule has 3 aromatic rings. The van der Waals surface area contributed by atoms with Crippen LogP contribution in [-0.2, 0) is 23.3 Å². The second-order valence-corrected chi connectivity index (χ2v) is 8.74. The standard InChI is InChI=1S/C20H20ClFN4OS2/c1-13-9-15(21)5-8-17(13)23-19(27)12-29-20-25-24-18(26(20)2)11-28-10-14-3-6-16(22)7-4-14/h3-9H,10-12H2,1-2H3,(H,23,27). The molecule has 1 aromatic heterocycles. The minimum absolute atomic E-state index is 0.115. The first-order valence-corrected chi connectivity index (χ1v) is 11.3. The third-order valence-corrected chi connectivity index (χ3v) is 6.39. The summed E-state index contributed by atoms with van der Waals surface area (Å²) in [6.45, 7) is 1.90. The molecule has 0 saturated carbocycles. The molecule has 0 saturated heterocycles. The van der Waals surface area contributed by atoms with Gasteiger partial charge in [-0.15, -0.1) is 22.0 Å². The number of rotatable bonds is 8. The maximum Gasteiger partial charge on any atom is 0.234 e. The van der Waals surface area contributed by atoms with Crippen molar-refractivity contribution in [3.63, 3.8) is 0 Å². The number of nitrogens with zero attached hydrogens (tertiary/aromatic N) is 3. The van der Waals surface area contributed by atoms with Gasteiger partial charge in [0.15, 0.2) is 5.16 Å². The molecule has 0 aliphatic carbocycles. The maximum atomic E-state index is 13.0. The number of thioether (sulfide) groups is 2. The third-order valence-electron chi connectivity index (χ3n) is 4.13. The molecule has 29 heavy (non-hydrogen) atoms. The predicted molar refractivity (Wildman–Crippen MR) is 118 cm³/mol. The Bertz CT molecular complexity index is 995. The van der Waals surface area contributed by atoms with E-state index in [1.807, 2.05) is 24.6 Å². The van der Waals surface area contributed by atoms with E-state index in [2.05, 4.69) is 15.5 Å². The number of halogens is 2. The zero-order valence-electron chi connectivity index (χ0n) is 16.0. The smallest absolute Gasteiger partial charge is 0.234 e. The van der Waals surface area contributed by atoms with Gasteiger partial charge in [0.1, 0.15) is 11.6 Å².